The molecule has 0 saturated carbocycles. The molecule has 0 saturated heterocycles. The largest absolute Gasteiger partial charge is 0.496 e. The number of methoxy groups -OCH3 is 1. The first-order valence-electron chi connectivity index (χ1n) is 5.96. The highest BCUT2D eigenvalue weighted by molar-refractivity contribution is 9.10. The first kappa shape index (κ1) is 14.8. The smallest absolute Gasteiger partial charge is 0.133 e. The molecular weight excluding hydrogens is 338 g/mol. The van der Waals surface area contributed by atoms with Gasteiger partial charge in [0.2, 0.25) is 0 Å². The summed E-state index contributed by atoms with van der Waals surface area (Å²) in [6.07, 6.45) is 0. The number of benzene rings is 2. The van der Waals surface area contributed by atoms with E-state index >= 15 is 0 Å². The summed E-state index contributed by atoms with van der Waals surface area (Å²) in [5.41, 5.74) is 7.39. The van der Waals surface area contributed by atoms with Gasteiger partial charge >= 0.3 is 0 Å². The number of ether oxygens (including phenoxy) is 2. The highest BCUT2D eigenvalue weighted by Crippen LogP contribution is 2.26. The number of thiocarbonyl (C=S) groups is 1. The number of hydrogen-bond acceptors (Lipinski definition) is 3. The Hall–Kier alpha value is -1.59. The van der Waals surface area contributed by atoms with Crippen LogP contribution in [0.1, 0.15) is 11.1 Å². The fraction of sp³-hybridized carbons (Fsp3) is 0.133. The van der Waals surface area contributed by atoms with Crippen molar-refractivity contribution in [3.8, 4) is 11.5 Å². The SMILES string of the molecule is COc1ccc(COc2ccccc2Br)cc1C(N)=S. The van der Waals surface area contributed by atoms with Crippen LogP contribution in [-0.4, -0.2) is 12.1 Å². The van der Waals surface area contributed by atoms with Gasteiger partial charge in [0.05, 0.1) is 17.1 Å². The summed E-state index contributed by atoms with van der Waals surface area (Å²) < 4.78 is 11.9. The van der Waals surface area contributed by atoms with Crippen LogP contribution in [0.4, 0.5) is 0 Å². The van der Waals surface area contributed by atoms with Gasteiger partial charge in [-0.1, -0.05) is 30.4 Å². The first-order chi connectivity index (χ1) is 9.61. The van der Waals surface area contributed by atoms with E-state index in [4.69, 9.17) is 27.4 Å². The monoisotopic (exact) mass is 351 g/mol. The van der Waals surface area contributed by atoms with E-state index in [0.717, 1.165) is 21.3 Å². The molecule has 0 aromatic heterocycles. The Morgan fingerprint density at radius 2 is 1.95 bits per heavy atom. The lowest BCUT2D eigenvalue weighted by Gasteiger charge is -2.11. The van der Waals surface area contributed by atoms with Crippen molar-refractivity contribution in [3.63, 3.8) is 0 Å². The molecule has 0 aliphatic rings. The third-order valence-electron chi connectivity index (χ3n) is 2.76. The summed E-state index contributed by atoms with van der Waals surface area (Å²) in [5.74, 6) is 1.46. The zero-order valence-electron chi connectivity index (χ0n) is 10.9. The van der Waals surface area contributed by atoms with Gasteiger partial charge in [0.25, 0.3) is 0 Å². The van der Waals surface area contributed by atoms with Crippen LogP contribution in [0.2, 0.25) is 0 Å². The Morgan fingerprint density at radius 3 is 2.60 bits per heavy atom. The number of hydrogen-bond donors (Lipinski definition) is 1. The summed E-state index contributed by atoms with van der Waals surface area (Å²) in [5, 5.41) is 0. The van der Waals surface area contributed by atoms with E-state index in [1.807, 2.05) is 42.5 Å². The minimum absolute atomic E-state index is 0.310. The molecule has 2 aromatic carbocycles. The molecule has 2 rings (SSSR count). The molecule has 0 heterocycles. The van der Waals surface area contributed by atoms with Crippen molar-refractivity contribution in [1.82, 2.24) is 0 Å². The van der Waals surface area contributed by atoms with E-state index in [-0.39, 0.29) is 0 Å². The molecule has 2 aromatic rings. The van der Waals surface area contributed by atoms with E-state index in [9.17, 15) is 0 Å². The molecule has 3 nitrogen and oxygen atoms in total. The van der Waals surface area contributed by atoms with Crippen LogP contribution in [-0.2, 0) is 6.61 Å². The van der Waals surface area contributed by atoms with Gasteiger partial charge in [0.1, 0.15) is 23.1 Å². The number of halogens is 1. The maximum Gasteiger partial charge on any atom is 0.133 e. The van der Waals surface area contributed by atoms with Crippen LogP contribution in [0.15, 0.2) is 46.9 Å². The molecule has 104 valence electrons. The summed E-state index contributed by atoms with van der Waals surface area (Å²) in [4.78, 5) is 0.310. The minimum atomic E-state index is 0.310. The zero-order valence-corrected chi connectivity index (χ0v) is 13.3. The van der Waals surface area contributed by atoms with Crippen molar-refractivity contribution < 1.29 is 9.47 Å². The summed E-state index contributed by atoms with van der Waals surface area (Å²) in [6.45, 7) is 0.433. The summed E-state index contributed by atoms with van der Waals surface area (Å²) >= 11 is 8.47. The van der Waals surface area contributed by atoms with Gasteiger partial charge in [0.15, 0.2) is 0 Å². The van der Waals surface area contributed by atoms with Crippen LogP contribution < -0.4 is 15.2 Å². The standard InChI is InChI=1S/C15H14BrNO2S/c1-18-13-7-6-10(8-11(13)15(17)20)9-19-14-5-3-2-4-12(14)16/h2-8H,9H2,1H3,(H2,17,20). The zero-order chi connectivity index (χ0) is 14.5. The average Bonchev–Trinajstić information content (AvgIpc) is 2.46. The van der Waals surface area contributed by atoms with E-state index in [2.05, 4.69) is 15.9 Å². The molecule has 0 radical (unpaired) electrons. The molecule has 5 heteroatoms. The van der Waals surface area contributed by atoms with Gasteiger partial charge in [-0.25, -0.2) is 0 Å². The molecule has 0 atom stereocenters. The van der Waals surface area contributed by atoms with Crippen molar-refractivity contribution >= 4 is 33.1 Å². The Bertz CT molecular complexity index is 631. The van der Waals surface area contributed by atoms with Crippen molar-refractivity contribution in [3.05, 3.63) is 58.1 Å². The van der Waals surface area contributed by atoms with E-state index < -0.39 is 0 Å². The van der Waals surface area contributed by atoms with Crippen molar-refractivity contribution in [2.75, 3.05) is 7.11 Å². The van der Waals surface area contributed by atoms with Gasteiger partial charge in [-0.2, -0.15) is 0 Å². The number of rotatable bonds is 5. The normalized spacial score (nSPS) is 10.1. The minimum Gasteiger partial charge on any atom is -0.496 e. The van der Waals surface area contributed by atoms with Gasteiger partial charge in [-0.05, 0) is 45.8 Å². The lowest BCUT2D eigenvalue weighted by molar-refractivity contribution is 0.304. The molecule has 0 bridgehead atoms. The van der Waals surface area contributed by atoms with Gasteiger partial charge in [-0.15, -0.1) is 0 Å². The molecule has 0 aliphatic heterocycles. The maximum absolute atomic E-state index is 5.76. The van der Waals surface area contributed by atoms with E-state index in [0.29, 0.717) is 17.3 Å². The Balaban J connectivity index is 2.16. The summed E-state index contributed by atoms with van der Waals surface area (Å²) in [7, 11) is 1.59. The van der Waals surface area contributed by atoms with Crippen LogP contribution >= 0.6 is 28.1 Å². The van der Waals surface area contributed by atoms with E-state index in [1.54, 1.807) is 7.11 Å². The fourth-order valence-electron chi connectivity index (χ4n) is 1.76. The average molecular weight is 352 g/mol. The van der Waals surface area contributed by atoms with E-state index in [1.165, 1.54) is 0 Å². The Kier molecular flexibility index (Phi) is 4.98. The Morgan fingerprint density at radius 1 is 1.20 bits per heavy atom. The molecule has 20 heavy (non-hydrogen) atoms. The highest BCUT2D eigenvalue weighted by atomic mass is 79.9. The van der Waals surface area contributed by atoms with Crippen molar-refractivity contribution in [2.45, 2.75) is 6.61 Å². The predicted molar refractivity (Wildman–Crippen MR) is 87.4 cm³/mol. The summed E-state index contributed by atoms with van der Waals surface area (Å²) in [6, 6.07) is 13.4. The van der Waals surface area contributed by atoms with Crippen molar-refractivity contribution in [1.29, 1.82) is 0 Å². The van der Waals surface area contributed by atoms with Crippen LogP contribution in [0.5, 0.6) is 11.5 Å². The highest BCUT2D eigenvalue weighted by Gasteiger charge is 2.08. The lowest BCUT2D eigenvalue weighted by atomic mass is 10.1. The van der Waals surface area contributed by atoms with Gasteiger partial charge in [0, 0.05) is 0 Å². The predicted octanol–water partition coefficient (Wildman–Crippen LogP) is 3.67. The van der Waals surface area contributed by atoms with Crippen LogP contribution in [0.25, 0.3) is 0 Å². The molecule has 0 amide bonds. The second kappa shape index (κ2) is 6.72. The first-order valence-corrected chi connectivity index (χ1v) is 7.16. The molecule has 0 fully saturated rings. The van der Waals surface area contributed by atoms with Gasteiger partial charge < -0.3 is 15.2 Å². The van der Waals surface area contributed by atoms with Gasteiger partial charge in [-0.3, -0.25) is 0 Å². The second-order valence-electron chi connectivity index (χ2n) is 4.12. The molecule has 2 N–H and O–H groups in total. The van der Waals surface area contributed by atoms with Crippen molar-refractivity contribution in [2.24, 2.45) is 5.73 Å². The lowest BCUT2D eigenvalue weighted by Crippen LogP contribution is -2.12. The molecular formula is C15H14BrNO2S. The molecule has 0 unspecified atom stereocenters. The quantitative estimate of drug-likeness (QED) is 0.834. The van der Waals surface area contributed by atoms with Crippen LogP contribution in [0.3, 0.4) is 0 Å². The fourth-order valence-corrected chi connectivity index (χ4v) is 2.32. The molecule has 0 aliphatic carbocycles. The Labute approximate surface area is 131 Å². The number of nitrogens with two attached hydrogens (primary N) is 1. The second-order valence-corrected chi connectivity index (χ2v) is 5.41. The number of para-hydroxylation sites is 1. The molecule has 0 spiro atoms. The maximum atomic E-state index is 5.76. The van der Waals surface area contributed by atoms with Crippen LogP contribution in [0, 0.1) is 0 Å². The third kappa shape index (κ3) is 3.49. The topological polar surface area (TPSA) is 44.5 Å². The third-order valence-corrected chi connectivity index (χ3v) is 3.64.